The molecule has 1 aliphatic rings. The van der Waals surface area contributed by atoms with E-state index >= 15 is 0 Å². The van der Waals surface area contributed by atoms with Crippen molar-refractivity contribution in [2.45, 2.75) is 39.0 Å². The van der Waals surface area contributed by atoms with Crippen molar-refractivity contribution in [3.05, 3.63) is 89.6 Å². The van der Waals surface area contributed by atoms with Crippen LogP contribution in [0.5, 0.6) is 0 Å². The summed E-state index contributed by atoms with van der Waals surface area (Å²) in [5, 5.41) is 2.63. The van der Waals surface area contributed by atoms with Gasteiger partial charge in [0.1, 0.15) is 0 Å². The maximum absolute atomic E-state index is 4.87. The van der Waals surface area contributed by atoms with Crippen molar-refractivity contribution in [3.63, 3.8) is 0 Å². The van der Waals surface area contributed by atoms with Gasteiger partial charge in [0, 0.05) is 11.8 Å². The topological polar surface area (TPSA) is 12.9 Å². The SMILES string of the molecule is CC(C)(C)c1cc(-c2nccc3c2CCc2ccccc2-3)cc2ccccc12. The molecule has 1 aromatic heterocycles. The molecule has 138 valence electrons. The Balaban J connectivity index is 1.77. The van der Waals surface area contributed by atoms with E-state index in [9.17, 15) is 0 Å². The smallest absolute Gasteiger partial charge is 0.0740 e. The molecule has 28 heavy (non-hydrogen) atoms. The van der Waals surface area contributed by atoms with Gasteiger partial charge in [-0.3, -0.25) is 4.98 Å². The molecule has 4 aromatic rings. The van der Waals surface area contributed by atoms with Gasteiger partial charge in [-0.15, -0.1) is 0 Å². The summed E-state index contributed by atoms with van der Waals surface area (Å²) in [5.74, 6) is 0. The molecule has 0 saturated carbocycles. The highest BCUT2D eigenvalue weighted by atomic mass is 14.7. The molecular weight excluding hydrogens is 338 g/mol. The van der Waals surface area contributed by atoms with Crippen molar-refractivity contribution in [3.8, 4) is 22.4 Å². The zero-order valence-corrected chi connectivity index (χ0v) is 16.8. The van der Waals surface area contributed by atoms with E-state index in [0.717, 1.165) is 18.5 Å². The van der Waals surface area contributed by atoms with Crippen molar-refractivity contribution in [2.24, 2.45) is 0 Å². The number of rotatable bonds is 1. The average Bonchev–Trinajstić information content (AvgIpc) is 2.71. The second-order valence-corrected chi connectivity index (χ2v) is 8.84. The number of aromatic nitrogens is 1. The minimum absolute atomic E-state index is 0.0804. The summed E-state index contributed by atoms with van der Waals surface area (Å²) in [5.41, 5.74) is 9.38. The minimum atomic E-state index is 0.0804. The number of fused-ring (bicyclic) bond motifs is 4. The predicted molar refractivity (Wildman–Crippen MR) is 119 cm³/mol. The van der Waals surface area contributed by atoms with Crippen LogP contribution in [-0.4, -0.2) is 4.98 Å². The van der Waals surface area contributed by atoms with Gasteiger partial charge in [-0.25, -0.2) is 0 Å². The molecule has 0 unspecified atom stereocenters. The first-order chi connectivity index (χ1) is 13.5. The van der Waals surface area contributed by atoms with E-state index in [-0.39, 0.29) is 5.41 Å². The summed E-state index contributed by atoms with van der Waals surface area (Å²) in [4.78, 5) is 4.87. The van der Waals surface area contributed by atoms with Crippen LogP contribution in [0.2, 0.25) is 0 Å². The molecule has 0 N–H and O–H groups in total. The Bertz CT molecular complexity index is 1190. The molecule has 0 radical (unpaired) electrons. The van der Waals surface area contributed by atoms with Gasteiger partial charge in [-0.05, 0) is 75.0 Å². The molecule has 0 spiro atoms. The van der Waals surface area contributed by atoms with Crippen molar-refractivity contribution >= 4 is 10.8 Å². The van der Waals surface area contributed by atoms with Crippen LogP contribution in [0.4, 0.5) is 0 Å². The van der Waals surface area contributed by atoms with E-state index < -0.39 is 0 Å². The predicted octanol–water partition coefficient (Wildman–Crippen LogP) is 6.96. The molecule has 1 heterocycles. The fourth-order valence-electron chi connectivity index (χ4n) is 4.58. The second-order valence-electron chi connectivity index (χ2n) is 8.84. The fraction of sp³-hybridized carbons (Fsp3) is 0.222. The van der Waals surface area contributed by atoms with Gasteiger partial charge in [0.15, 0.2) is 0 Å². The van der Waals surface area contributed by atoms with Crippen LogP contribution in [0.3, 0.4) is 0 Å². The van der Waals surface area contributed by atoms with Crippen molar-refractivity contribution in [1.82, 2.24) is 4.98 Å². The van der Waals surface area contributed by atoms with E-state index in [4.69, 9.17) is 4.98 Å². The van der Waals surface area contributed by atoms with Gasteiger partial charge in [0.2, 0.25) is 0 Å². The number of pyridine rings is 1. The van der Waals surface area contributed by atoms with Gasteiger partial charge in [-0.2, -0.15) is 0 Å². The van der Waals surface area contributed by atoms with Crippen LogP contribution in [0.15, 0.2) is 72.9 Å². The molecule has 1 nitrogen and oxygen atoms in total. The summed E-state index contributed by atoms with van der Waals surface area (Å²) >= 11 is 0. The Labute approximate surface area is 167 Å². The van der Waals surface area contributed by atoms with E-state index in [1.165, 1.54) is 44.2 Å². The number of aryl methyl sites for hydroxylation is 1. The van der Waals surface area contributed by atoms with Crippen molar-refractivity contribution < 1.29 is 0 Å². The summed E-state index contributed by atoms with van der Waals surface area (Å²) < 4.78 is 0. The normalized spacial score (nSPS) is 13.2. The standard InChI is InChI=1S/C27H25N/c1-27(2,3)25-17-20(16-19-9-5-7-11-22(19)25)26-24-13-12-18-8-4-6-10-21(18)23(24)14-15-28-26/h4-11,14-17H,12-13H2,1-3H3. The Hall–Kier alpha value is -2.93. The molecule has 5 rings (SSSR count). The lowest BCUT2D eigenvalue weighted by atomic mass is 9.80. The van der Waals surface area contributed by atoms with Gasteiger partial charge < -0.3 is 0 Å². The Morgan fingerprint density at radius 3 is 2.43 bits per heavy atom. The quantitative estimate of drug-likeness (QED) is 0.356. The van der Waals surface area contributed by atoms with Gasteiger partial charge in [0.25, 0.3) is 0 Å². The molecule has 0 saturated heterocycles. The molecule has 1 aliphatic carbocycles. The summed E-state index contributed by atoms with van der Waals surface area (Å²) in [6.07, 6.45) is 4.11. The zero-order valence-electron chi connectivity index (χ0n) is 16.8. The number of hydrogen-bond donors (Lipinski definition) is 0. The van der Waals surface area contributed by atoms with Crippen molar-refractivity contribution in [2.75, 3.05) is 0 Å². The van der Waals surface area contributed by atoms with E-state index in [2.05, 4.69) is 87.5 Å². The highest BCUT2D eigenvalue weighted by Gasteiger charge is 2.22. The van der Waals surface area contributed by atoms with Crippen LogP contribution in [0.25, 0.3) is 33.2 Å². The first kappa shape index (κ1) is 17.2. The number of benzene rings is 3. The van der Waals surface area contributed by atoms with Gasteiger partial charge in [-0.1, -0.05) is 69.3 Å². The highest BCUT2D eigenvalue weighted by molar-refractivity contribution is 5.92. The lowest BCUT2D eigenvalue weighted by molar-refractivity contribution is 0.596. The molecule has 0 amide bonds. The Morgan fingerprint density at radius 2 is 1.57 bits per heavy atom. The molecule has 0 bridgehead atoms. The molecule has 1 heteroatoms. The summed E-state index contributed by atoms with van der Waals surface area (Å²) in [6, 6.07) is 24.4. The van der Waals surface area contributed by atoms with Crippen molar-refractivity contribution in [1.29, 1.82) is 0 Å². The minimum Gasteiger partial charge on any atom is -0.256 e. The van der Waals surface area contributed by atoms with Crippen LogP contribution in [-0.2, 0) is 18.3 Å². The third kappa shape index (κ3) is 2.74. The summed E-state index contributed by atoms with van der Waals surface area (Å²) in [7, 11) is 0. The van der Waals surface area contributed by atoms with Crippen LogP contribution >= 0.6 is 0 Å². The van der Waals surface area contributed by atoms with E-state index in [0.29, 0.717) is 0 Å². The van der Waals surface area contributed by atoms with E-state index in [1.807, 2.05) is 6.20 Å². The summed E-state index contributed by atoms with van der Waals surface area (Å²) in [6.45, 7) is 6.88. The molecular formula is C27H25N. The first-order valence-corrected chi connectivity index (χ1v) is 10.1. The largest absolute Gasteiger partial charge is 0.256 e. The third-order valence-corrected chi connectivity index (χ3v) is 5.95. The molecule has 0 aliphatic heterocycles. The third-order valence-electron chi connectivity index (χ3n) is 5.95. The van der Waals surface area contributed by atoms with Crippen LogP contribution < -0.4 is 0 Å². The molecule has 0 fully saturated rings. The molecule has 0 atom stereocenters. The van der Waals surface area contributed by atoms with Gasteiger partial charge in [0.05, 0.1) is 5.69 Å². The second kappa shape index (κ2) is 6.31. The highest BCUT2D eigenvalue weighted by Crippen LogP contribution is 2.40. The number of nitrogens with zero attached hydrogens (tertiary/aromatic N) is 1. The number of hydrogen-bond acceptors (Lipinski definition) is 1. The van der Waals surface area contributed by atoms with Crippen LogP contribution in [0.1, 0.15) is 37.5 Å². The lowest BCUT2D eigenvalue weighted by Gasteiger charge is -2.25. The zero-order chi connectivity index (χ0) is 19.3. The average molecular weight is 364 g/mol. The Kier molecular flexibility index (Phi) is 3.87. The maximum Gasteiger partial charge on any atom is 0.0740 e. The van der Waals surface area contributed by atoms with Crippen LogP contribution in [0, 0.1) is 0 Å². The monoisotopic (exact) mass is 363 g/mol. The lowest BCUT2D eigenvalue weighted by Crippen LogP contribution is -2.12. The fourth-order valence-corrected chi connectivity index (χ4v) is 4.58. The maximum atomic E-state index is 4.87. The van der Waals surface area contributed by atoms with Gasteiger partial charge >= 0.3 is 0 Å². The van der Waals surface area contributed by atoms with E-state index in [1.54, 1.807) is 0 Å². The first-order valence-electron chi connectivity index (χ1n) is 10.1. The molecule has 3 aromatic carbocycles. The Morgan fingerprint density at radius 1 is 0.786 bits per heavy atom.